The summed E-state index contributed by atoms with van der Waals surface area (Å²) in [5.74, 6) is 0.928. The molecule has 1 saturated carbocycles. The van der Waals surface area contributed by atoms with Gasteiger partial charge in [-0.2, -0.15) is 0 Å². The summed E-state index contributed by atoms with van der Waals surface area (Å²) in [6.45, 7) is 5.38. The van der Waals surface area contributed by atoms with Crippen molar-refractivity contribution in [3.05, 3.63) is 0 Å². The van der Waals surface area contributed by atoms with E-state index in [9.17, 15) is 0 Å². The topological polar surface area (TPSA) is 21.3 Å². The smallest absolute Gasteiger partial charge is 0.0645 e. The van der Waals surface area contributed by atoms with E-state index in [1.165, 1.54) is 51.5 Å². The summed E-state index contributed by atoms with van der Waals surface area (Å²) in [5.41, 5.74) is 0.260. The summed E-state index contributed by atoms with van der Waals surface area (Å²) >= 11 is 0. The van der Waals surface area contributed by atoms with Crippen molar-refractivity contribution in [3.63, 3.8) is 0 Å². The number of hydrogen-bond donors (Lipinski definition) is 1. The Morgan fingerprint density at radius 3 is 2.67 bits per heavy atom. The minimum atomic E-state index is 0.260. The molecule has 0 spiro atoms. The van der Waals surface area contributed by atoms with Crippen LogP contribution in [0.15, 0.2) is 0 Å². The fraction of sp³-hybridized carbons (Fsp3) is 1.00. The van der Waals surface area contributed by atoms with Gasteiger partial charge in [0, 0.05) is 12.1 Å². The second-order valence-corrected chi connectivity index (χ2v) is 5.60. The highest BCUT2D eigenvalue weighted by Gasteiger charge is 2.27. The minimum Gasteiger partial charge on any atom is -0.380 e. The molecule has 1 unspecified atom stereocenters. The van der Waals surface area contributed by atoms with Gasteiger partial charge in [0.1, 0.15) is 0 Å². The predicted molar refractivity (Wildman–Crippen MR) is 63.0 cm³/mol. The summed E-state index contributed by atoms with van der Waals surface area (Å²) in [4.78, 5) is 0. The van der Waals surface area contributed by atoms with E-state index in [-0.39, 0.29) is 5.54 Å². The molecule has 0 aromatic rings. The van der Waals surface area contributed by atoms with Gasteiger partial charge in [-0.05, 0) is 45.1 Å². The Kier molecular flexibility index (Phi) is 4.04. The van der Waals surface area contributed by atoms with Crippen LogP contribution in [0.4, 0.5) is 0 Å². The normalized spacial score (nSPS) is 34.2. The van der Waals surface area contributed by atoms with Gasteiger partial charge < -0.3 is 10.1 Å². The molecule has 1 atom stereocenters. The predicted octanol–water partition coefficient (Wildman–Crippen LogP) is 2.73. The monoisotopic (exact) mass is 211 g/mol. The van der Waals surface area contributed by atoms with Gasteiger partial charge in [-0.1, -0.05) is 19.3 Å². The van der Waals surface area contributed by atoms with Gasteiger partial charge in [0.2, 0.25) is 0 Å². The number of nitrogens with one attached hydrogen (secondary N) is 1. The van der Waals surface area contributed by atoms with Gasteiger partial charge >= 0.3 is 0 Å². The van der Waals surface area contributed by atoms with Gasteiger partial charge in [0.25, 0.3) is 0 Å². The minimum absolute atomic E-state index is 0.260. The van der Waals surface area contributed by atoms with E-state index in [4.69, 9.17) is 4.74 Å². The molecule has 2 nitrogen and oxygen atoms in total. The van der Waals surface area contributed by atoms with Crippen molar-refractivity contribution in [3.8, 4) is 0 Å². The van der Waals surface area contributed by atoms with Gasteiger partial charge in [-0.3, -0.25) is 0 Å². The molecule has 0 aromatic heterocycles. The van der Waals surface area contributed by atoms with Gasteiger partial charge in [0.05, 0.1) is 6.61 Å². The van der Waals surface area contributed by atoms with E-state index in [1.54, 1.807) is 0 Å². The van der Waals surface area contributed by atoms with Crippen LogP contribution in [0.5, 0.6) is 0 Å². The summed E-state index contributed by atoms with van der Waals surface area (Å²) in [7, 11) is 0. The molecule has 2 rings (SSSR count). The van der Waals surface area contributed by atoms with E-state index in [1.807, 2.05) is 0 Å². The fourth-order valence-electron chi connectivity index (χ4n) is 2.86. The Hall–Kier alpha value is -0.0800. The Labute approximate surface area is 93.8 Å². The highest BCUT2D eigenvalue weighted by atomic mass is 16.5. The van der Waals surface area contributed by atoms with E-state index >= 15 is 0 Å². The van der Waals surface area contributed by atoms with Crippen molar-refractivity contribution >= 4 is 0 Å². The molecule has 0 amide bonds. The molecule has 1 N–H and O–H groups in total. The Balaban J connectivity index is 1.70. The van der Waals surface area contributed by atoms with Crippen LogP contribution in [0.25, 0.3) is 0 Å². The van der Waals surface area contributed by atoms with Crippen LogP contribution in [0, 0.1) is 5.92 Å². The molecule has 1 aliphatic heterocycles. The fourth-order valence-corrected chi connectivity index (χ4v) is 2.86. The zero-order chi connectivity index (χ0) is 10.6. The molecule has 2 heteroatoms. The maximum absolute atomic E-state index is 5.56. The Bertz CT molecular complexity index is 181. The second-order valence-electron chi connectivity index (χ2n) is 5.60. The Morgan fingerprint density at radius 2 is 2.00 bits per heavy atom. The molecule has 1 saturated heterocycles. The third-order valence-corrected chi connectivity index (χ3v) is 3.98. The molecule has 1 heterocycles. The van der Waals surface area contributed by atoms with Gasteiger partial charge in [-0.25, -0.2) is 0 Å². The van der Waals surface area contributed by atoms with Crippen molar-refractivity contribution in [1.29, 1.82) is 0 Å². The van der Waals surface area contributed by atoms with Crippen LogP contribution in [0.2, 0.25) is 0 Å². The van der Waals surface area contributed by atoms with Crippen molar-refractivity contribution < 1.29 is 4.74 Å². The molecule has 2 aliphatic rings. The lowest BCUT2D eigenvalue weighted by Gasteiger charge is -2.36. The summed E-state index contributed by atoms with van der Waals surface area (Å²) < 4.78 is 5.56. The Morgan fingerprint density at radius 1 is 1.20 bits per heavy atom. The molecule has 88 valence electrons. The quantitative estimate of drug-likeness (QED) is 0.775. The molecule has 1 aliphatic carbocycles. The third kappa shape index (κ3) is 3.46. The van der Waals surface area contributed by atoms with Crippen LogP contribution < -0.4 is 5.32 Å². The lowest BCUT2D eigenvalue weighted by atomic mass is 9.87. The maximum atomic E-state index is 5.56. The van der Waals surface area contributed by atoms with Crippen LogP contribution in [-0.4, -0.2) is 25.3 Å². The first-order valence-corrected chi connectivity index (χ1v) is 6.61. The maximum Gasteiger partial charge on any atom is 0.0645 e. The molecular weight excluding hydrogens is 186 g/mol. The van der Waals surface area contributed by atoms with Crippen LogP contribution in [-0.2, 0) is 4.74 Å². The van der Waals surface area contributed by atoms with Gasteiger partial charge in [-0.15, -0.1) is 0 Å². The number of ether oxygens (including phenoxy) is 1. The average molecular weight is 211 g/mol. The van der Waals surface area contributed by atoms with Gasteiger partial charge in [0.15, 0.2) is 0 Å². The van der Waals surface area contributed by atoms with Crippen LogP contribution >= 0.6 is 0 Å². The highest BCUT2D eigenvalue weighted by Crippen LogP contribution is 2.25. The van der Waals surface area contributed by atoms with Crippen molar-refractivity contribution in [2.75, 3.05) is 19.8 Å². The lowest BCUT2D eigenvalue weighted by molar-refractivity contribution is 0.0261. The zero-order valence-corrected chi connectivity index (χ0v) is 10.1. The summed E-state index contributed by atoms with van der Waals surface area (Å²) in [6, 6.07) is 0. The van der Waals surface area contributed by atoms with E-state index < -0.39 is 0 Å². The average Bonchev–Trinajstić information content (AvgIpc) is 2.29. The molecule has 0 radical (unpaired) electrons. The zero-order valence-electron chi connectivity index (χ0n) is 10.1. The van der Waals surface area contributed by atoms with Crippen molar-refractivity contribution in [2.45, 2.75) is 57.4 Å². The second kappa shape index (κ2) is 5.31. The molecule has 0 aromatic carbocycles. The summed E-state index contributed by atoms with van der Waals surface area (Å²) in [6.07, 6.45) is 9.71. The van der Waals surface area contributed by atoms with E-state index in [0.29, 0.717) is 0 Å². The van der Waals surface area contributed by atoms with Crippen molar-refractivity contribution in [1.82, 2.24) is 5.32 Å². The standard InChI is InChI=1S/C13H25NO/c1-13(8-5-9-15-11-13)14-10-12-6-3-2-4-7-12/h12,14H,2-11H2,1H3. The molecule has 2 fully saturated rings. The first kappa shape index (κ1) is 11.4. The molecule has 15 heavy (non-hydrogen) atoms. The number of rotatable bonds is 3. The third-order valence-electron chi connectivity index (χ3n) is 3.98. The first-order valence-electron chi connectivity index (χ1n) is 6.61. The van der Waals surface area contributed by atoms with E-state index in [0.717, 1.165) is 19.1 Å². The highest BCUT2D eigenvalue weighted by molar-refractivity contribution is 4.86. The summed E-state index contributed by atoms with van der Waals surface area (Å²) in [5, 5.41) is 3.74. The van der Waals surface area contributed by atoms with Crippen molar-refractivity contribution in [2.24, 2.45) is 5.92 Å². The lowest BCUT2D eigenvalue weighted by Crippen LogP contribution is -2.50. The van der Waals surface area contributed by atoms with Crippen LogP contribution in [0.1, 0.15) is 51.9 Å². The molecular formula is C13H25NO. The van der Waals surface area contributed by atoms with Crippen LogP contribution in [0.3, 0.4) is 0 Å². The number of hydrogen-bond acceptors (Lipinski definition) is 2. The van der Waals surface area contributed by atoms with E-state index in [2.05, 4.69) is 12.2 Å². The largest absolute Gasteiger partial charge is 0.380 e. The SMILES string of the molecule is CC1(NCC2CCCCC2)CCCOC1. The molecule has 0 bridgehead atoms. The first-order chi connectivity index (χ1) is 7.29.